The largest absolute Gasteiger partial charge is 0.461 e. The average Bonchev–Trinajstić information content (AvgIpc) is 3.30. The zero-order chi connectivity index (χ0) is 23.3. The second-order valence-corrected chi connectivity index (χ2v) is 9.75. The van der Waals surface area contributed by atoms with Crippen LogP contribution in [0.3, 0.4) is 0 Å². The number of piperazine rings is 1. The molecule has 1 unspecified atom stereocenters. The van der Waals surface area contributed by atoms with Gasteiger partial charge in [0.15, 0.2) is 17.2 Å². The molecule has 0 spiro atoms. The topological polar surface area (TPSA) is 77.3 Å². The lowest BCUT2D eigenvalue weighted by molar-refractivity contribution is -0.386. The third kappa shape index (κ3) is 3.70. The van der Waals surface area contributed by atoms with Crippen molar-refractivity contribution in [1.82, 2.24) is 9.80 Å². The predicted octanol–water partition coefficient (Wildman–Crippen LogP) is 4.84. The highest BCUT2D eigenvalue weighted by molar-refractivity contribution is 6.31. The molecule has 3 heterocycles. The van der Waals surface area contributed by atoms with Gasteiger partial charge in [-0.25, -0.2) is 0 Å². The molecule has 178 valence electrons. The van der Waals surface area contributed by atoms with E-state index in [1.807, 2.05) is 6.07 Å². The van der Waals surface area contributed by atoms with E-state index in [0.29, 0.717) is 16.3 Å². The number of nitro groups is 1. The first-order valence-electron chi connectivity index (χ1n) is 11.8. The number of ether oxygens (including phenoxy) is 3. The van der Waals surface area contributed by atoms with Gasteiger partial charge in [0.2, 0.25) is 12.5 Å². The van der Waals surface area contributed by atoms with Crippen LogP contribution in [0.5, 0.6) is 17.2 Å². The molecule has 0 radical (unpaired) electrons. The molecule has 34 heavy (non-hydrogen) atoms. The second kappa shape index (κ2) is 8.45. The Hall–Kier alpha value is -2.81. The van der Waals surface area contributed by atoms with Crippen molar-refractivity contribution in [3.63, 3.8) is 0 Å². The Morgan fingerprint density at radius 1 is 1.06 bits per heavy atom. The quantitative estimate of drug-likeness (QED) is 0.454. The van der Waals surface area contributed by atoms with E-state index in [9.17, 15) is 10.1 Å². The number of nitrogens with zero attached hydrogens (tertiary/aromatic N) is 3. The lowest BCUT2D eigenvalue weighted by Gasteiger charge is -2.51. The minimum atomic E-state index is -0.616. The van der Waals surface area contributed by atoms with Gasteiger partial charge in [0.05, 0.1) is 4.92 Å². The van der Waals surface area contributed by atoms with E-state index in [0.717, 1.165) is 69.9 Å². The molecule has 0 aromatic heterocycles. The summed E-state index contributed by atoms with van der Waals surface area (Å²) in [5.41, 5.74) is 2.42. The molecule has 2 aromatic carbocycles. The standard InChI is InChI=1S/C25H26ClN3O5/c26-20-13-18-12-19-3-1-2-6-25(19,34-24(18)21(14-20)29(30)31)28-9-7-27(8-10-28)15-17-4-5-22-23(11-17)33-16-32-22/h4-5,11-14H,1-3,6-10,15-16H2. The molecule has 0 N–H and O–H groups in total. The Labute approximate surface area is 202 Å². The Kier molecular flexibility index (Phi) is 5.39. The number of hydrogen-bond donors (Lipinski definition) is 0. The van der Waals surface area contributed by atoms with Crippen LogP contribution >= 0.6 is 11.6 Å². The van der Waals surface area contributed by atoms with Crippen LogP contribution in [0.1, 0.15) is 36.8 Å². The first kappa shape index (κ1) is 21.7. The monoisotopic (exact) mass is 483 g/mol. The summed E-state index contributed by atoms with van der Waals surface area (Å²) in [4.78, 5) is 16.2. The van der Waals surface area contributed by atoms with Crippen molar-refractivity contribution in [1.29, 1.82) is 0 Å². The van der Waals surface area contributed by atoms with Crippen LogP contribution in [0.4, 0.5) is 5.69 Å². The van der Waals surface area contributed by atoms with Gasteiger partial charge in [-0.05, 0) is 54.7 Å². The van der Waals surface area contributed by atoms with Gasteiger partial charge in [-0.1, -0.05) is 17.7 Å². The third-order valence-electron chi connectivity index (χ3n) is 7.30. The summed E-state index contributed by atoms with van der Waals surface area (Å²) in [6.07, 6.45) is 5.97. The summed E-state index contributed by atoms with van der Waals surface area (Å²) < 4.78 is 17.6. The molecule has 4 aliphatic rings. The van der Waals surface area contributed by atoms with Gasteiger partial charge in [-0.3, -0.25) is 19.9 Å². The van der Waals surface area contributed by atoms with Gasteiger partial charge in [-0.15, -0.1) is 0 Å². The summed E-state index contributed by atoms with van der Waals surface area (Å²) in [5, 5.41) is 12.1. The zero-order valence-corrected chi connectivity index (χ0v) is 19.6. The molecule has 1 atom stereocenters. The number of fused-ring (bicyclic) bond motifs is 3. The molecule has 2 fully saturated rings. The highest BCUT2D eigenvalue weighted by Crippen LogP contribution is 2.49. The normalized spacial score (nSPS) is 24.1. The highest BCUT2D eigenvalue weighted by Gasteiger charge is 2.48. The predicted molar refractivity (Wildman–Crippen MR) is 127 cm³/mol. The van der Waals surface area contributed by atoms with Crippen molar-refractivity contribution >= 4 is 23.4 Å². The molecule has 1 saturated carbocycles. The van der Waals surface area contributed by atoms with Crippen molar-refractivity contribution in [2.75, 3.05) is 33.0 Å². The van der Waals surface area contributed by atoms with E-state index < -0.39 is 10.6 Å². The van der Waals surface area contributed by atoms with Crippen LogP contribution in [-0.2, 0) is 6.54 Å². The molecule has 1 saturated heterocycles. The second-order valence-electron chi connectivity index (χ2n) is 9.31. The Bertz CT molecular complexity index is 1180. The molecule has 8 nitrogen and oxygen atoms in total. The molecule has 1 aliphatic carbocycles. The Balaban J connectivity index is 1.22. The van der Waals surface area contributed by atoms with Crippen molar-refractivity contribution in [3.05, 3.63) is 62.2 Å². The third-order valence-corrected chi connectivity index (χ3v) is 7.52. The minimum Gasteiger partial charge on any atom is -0.461 e. The molecular weight excluding hydrogens is 458 g/mol. The fourth-order valence-corrected chi connectivity index (χ4v) is 5.86. The summed E-state index contributed by atoms with van der Waals surface area (Å²) >= 11 is 6.18. The van der Waals surface area contributed by atoms with E-state index in [2.05, 4.69) is 28.0 Å². The summed E-state index contributed by atoms with van der Waals surface area (Å²) in [7, 11) is 0. The van der Waals surface area contributed by atoms with Crippen LogP contribution in [0.2, 0.25) is 5.02 Å². The number of benzene rings is 2. The smallest absolute Gasteiger partial charge is 0.313 e. The van der Waals surface area contributed by atoms with Gasteiger partial charge in [0, 0.05) is 55.8 Å². The maximum absolute atomic E-state index is 11.8. The molecule has 9 heteroatoms. The van der Waals surface area contributed by atoms with Crippen molar-refractivity contribution in [2.45, 2.75) is 38.0 Å². The van der Waals surface area contributed by atoms with Crippen LogP contribution in [0, 0.1) is 10.1 Å². The summed E-state index contributed by atoms with van der Waals surface area (Å²) in [6.45, 7) is 4.57. The van der Waals surface area contributed by atoms with E-state index in [4.69, 9.17) is 25.8 Å². The number of hydrogen-bond acceptors (Lipinski definition) is 7. The molecule has 0 bridgehead atoms. The number of halogens is 1. The van der Waals surface area contributed by atoms with Crippen LogP contribution in [0.25, 0.3) is 6.08 Å². The molecule has 2 aromatic rings. The lowest BCUT2D eigenvalue weighted by Crippen LogP contribution is -2.62. The molecule has 3 aliphatic heterocycles. The van der Waals surface area contributed by atoms with Crippen LogP contribution in [0.15, 0.2) is 35.9 Å². The highest BCUT2D eigenvalue weighted by atomic mass is 35.5. The maximum atomic E-state index is 11.8. The Morgan fingerprint density at radius 2 is 1.88 bits per heavy atom. The van der Waals surface area contributed by atoms with E-state index >= 15 is 0 Å². The van der Waals surface area contributed by atoms with Crippen LogP contribution in [-0.4, -0.2) is 53.4 Å². The number of rotatable bonds is 4. The van der Waals surface area contributed by atoms with Crippen molar-refractivity contribution in [3.8, 4) is 17.2 Å². The van der Waals surface area contributed by atoms with Gasteiger partial charge >= 0.3 is 5.69 Å². The van der Waals surface area contributed by atoms with Gasteiger partial charge in [-0.2, -0.15) is 0 Å². The summed E-state index contributed by atoms with van der Waals surface area (Å²) in [5.74, 6) is 1.94. The molecule has 6 rings (SSSR count). The van der Waals surface area contributed by atoms with Crippen molar-refractivity contribution in [2.24, 2.45) is 0 Å². The van der Waals surface area contributed by atoms with Gasteiger partial charge < -0.3 is 14.2 Å². The Morgan fingerprint density at radius 3 is 2.71 bits per heavy atom. The van der Waals surface area contributed by atoms with E-state index in [-0.39, 0.29) is 12.5 Å². The zero-order valence-electron chi connectivity index (χ0n) is 18.8. The summed E-state index contributed by atoms with van der Waals surface area (Å²) in [6, 6.07) is 9.27. The van der Waals surface area contributed by atoms with Crippen molar-refractivity contribution < 1.29 is 19.1 Å². The number of nitro benzene ring substituents is 1. The lowest BCUT2D eigenvalue weighted by atomic mass is 9.81. The first-order chi connectivity index (χ1) is 16.5. The molecular formula is C25H26ClN3O5. The molecule has 0 amide bonds. The minimum absolute atomic E-state index is 0.0656. The fourth-order valence-electron chi connectivity index (χ4n) is 5.64. The van der Waals surface area contributed by atoms with Gasteiger partial charge in [0.1, 0.15) is 0 Å². The maximum Gasteiger partial charge on any atom is 0.313 e. The van der Waals surface area contributed by atoms with Crippen LogP contribution < -0.4 is 14.2 Å². The van der Waals surface area contributed by atoms with E-state index in [1.165, 1.54) is 17.2 Å². The average molecular weight is 484 g/mol. The SMILES string of the molecule is O=[N+]([O-])c1cc(Cl)cc2c1OC1(N3CCN(Cc4ccc5c(c4)OCO5)CC3)CCCCC1=C2. The first-order valence-corrected chi connectivity index (χ1v) is 12.1. The van der Waals surface area contributed by atoms with E-state index in [1.54, 1.807) is 6.07 Å². The van der Waals surface area contributed by atoms with Gasteiger partial charge in [0.25, 0.3) is 0 Å². The fraction of sp³-hybridized carbons (Fsp3) is 0.440.